The topological polar surface area (TPSA) is 39.5 Å². The highest BCUT2D eigenvalue weighted by Gasteiger charge is 2.35. The predicted octanol–water partition coefficient (Wildman–Crippen LogP) is 2.24. The van der Waals surface area contributed by atoms with Crippen LogP contribution in [0.3, 0.4) is 0 Å². The Morgan fingerprint density at radius 1 is 1.35 bits per heavy atom. The Morgan fingerprint density at radius 3 is 2.95 bits per heavy atom. The van der Waals surface area contributed by atoms with Crippen LogP contribution in [0, 0.1) is 11.3 Å². The monoisotopic (exact) mass is 271 g/mol. The first-order valence-corrected chi connectivity index (χ1v) is 7.31. The summed E-state index contributed by atoms with van der Waals surface area (Å²) in [6.45, 7) is 5.58. The number of hydrogen-bond donors (Lipinski definition) is 0. The molecule has 0 spiro atoms. The van der Waals surface area contributed by atoms with Gasteiger partial charge in [-0.15, -0.1) is 0 Å². The Morgan fingerprint density at radius 2 is 2.20 bits per heavy atom. The second-order valence-electron chi connectivity index (χ2n) is 5.79. The highest BCUT2D eigenvalue weighted by molar-refractivity contribution is 5.63. The summed E-state index contributed by atoms with van der Waals surface area (Å²) in [7, 11) is 1.67. The molecule has 2 heterocycles. The van der Waals surface area contributed by atoms with Gasteiger partial charge in [0.25, 0.3) is 0 Å². The molecule has 1 aromatic rings. The summed E-state index contributed by atoms with van der Waals surface area (Å²) in [6, 6.07) is 9.11. The third kappa shape index (κ3) is 2.23. The average Bonchev–Trinajstić information content (AvgIpc) is 2.92. The minimum Gasteiger partial charge on any atom is -0.497 e. The van der Waals surface area contributed by atoms with Crippen molar-refractivity contribution in [3.63, 3.8) is 0 Å². The van der Waals surface area contributed by atoms with Gasteiger partial charge in [0.2, 0.25) is 0 Å². The number of nitrogens with zero attached hydrogens (tertiary/aromatic N) is 3. The maximum Gasteiger partial charge on any atom is 0.121 e. The van der Waals surface area contributed by atoms with Crippen LogP contribution in [0.4, 0.5) is 5.69 Å². The number of methoxy groups -OCH3 is 1. The van der Waals surface area contributed by atoms with Crippen molar-refractivity contribution in [1.29, 1.82) is 5.26 Å². The van der Waals surface area contributed by atoms with Crippen LogP contribution < -0.4 is 9.64 Å². The molecule has 20 heavy (non-hydrogen) atoms. The van der Waals surface area contributed by atoms with Crippen molar-refractivity contribution in [2.75, 3.05) is 31.6 Å². The van der Waals surface area contributed by atoms with E-state index < -0.39 is 0 Å². The molecule has 2 fully saturated rings. The Bertz CT molecular complexity index is 537. The summed E-state index contributed by atoms with van der Waals surface area (Å²) in [6.07, 6.45) is 2.57. The van der Waals surface area contributed by atoms with Crippen molar-refractivity contribution in [3.05, 3.63) is 23.8 Å². The van der Waals surface area contributed by atoms with E-state index in [1.807, 2.05) is 18.2 Å². The van der Waals surface area contributed by atoms with Crippen LogP contribution in [0.1, 0.15) is 25.3 Å². The van der Waals surface area contributed by atoms with E-state index in [9.17, 15) is 5.26 Å². The van der Waals surface area contributed by atoms with Gasteiger partial charge in [-0.2, -0.15) is 5.26 Å². The molecule has 1 aromatic carbocycles. The zero-order valence-corrected chi connectivity index (χ0v) is 12.2. The van der Waals surface area contributed by atoms with E-state index in [0.29, 0.717) is 12.1 Å². The number of nitriles is 1. The standard InChI is InChI=1S/C16H21N3O/c1-12-10-18-7-3-4-14(18)11-19(12)16-8-15(20-2)6-5-13(16)9-17/h5-6,8,12,14H,3-4,7,10-11H2,1-2H3. The van der Waals surface area contributed by atoms with E-state index >= 15 is 0 Å². The number of fused-ring (bicyclic) bond motifs is 1. The first-order valence-electron chi connectivity index (χ1n) is 7.31. The first kappa shape index (κ1) is 13.3. The van der Waals surface area contributed by atoms with Gasteiger partial charge in [0.1, 0.15) is 11.8 Å². The van der Waals surface area contributed by atoms with Gasteiger partial charge in [-0.1, -0.05) is 0 Å². The average molecular weight is 271 g/mol. The Kier molecular flexibility index (Phi) is 3.54. The number of rotatable bonds is 2. The molecule has 2 atom stereocenters. The van der Waals surface area contributed by atoms with Crippen molar-refractivity contribution < 1.29 is 4.74 Å². The molecule has 4 heteroatoms. The lowest BCUT2D eigenvalue weighted by molar-refractivity contribution is 0.203. The Hall–Kier alpha value is -1.73. The maximum absolute atomic E-state index is 9.36. The first-order chi connectivity index (χ1) is 9.72. The molecule has 106 valence electrons. The molecule has 0 aliphatic carbocycles. The van der Waals surface area contributed by atoms with Gasteiger partial charge >= 0.3 is 0 Å². The van der Waals surface area contributed by atoms with Gasteiger partial charge in [0, 0.05) is 31.2 Å². The summed E-state index contributed by atoms with van der Waals surface area (Å²) in [4.78, 5) is 4.97. The maximum atomic E-state index is 9.36. The fourth-order valence-corrected chi connectivity index (χ4v) is 3.49. The lowest BCUT2D eigenvalue weighted by atomic mass is 10.0. The van der Waals surface area contributed by atoms with E-state index in [0.717, 1.165) is 30.1 Å². The highest BCUT2D eigenvalue weighted by atomic mass is 16.5. The van der Waals surface area contributed by atoms with Crippen LogP contribution in [0.5, 0.6) is 5.75 Å². The highest BCUT2D eigenvalue weighted by Crippen LogP contribution is 2.32. The molecule has 0 radical (unpaired) electrons. The summed E-state index contributed by atoms with van der Waals surface area (Å²) < 4.78 is 5.32. The number of ether oxygens (including phenoxy) is 1. The Labute approximate surface area is 120 Å². The van der Waals surface area contributed by atoms with Crippen LogP contribution >= 0.6 is 0 Å². The van der Waals surface area contributed by atoms with Crippen LogP contribution in [0.25, 0.3) is 0 Å². The molecule has 0 aromatic heterocycles. The van der Waals surface area contributed by atoms with Crippen molar-refractivity contribution in [3.8, 4) is 11.8 Å². The number of hydrogen-bond acceptors (Lipinski definition) is 4. The smallest absolute Gasteiger partial charge is 0.121 e. The van der Waals surface area contributed by atoms with Gasteiger partial charge < -0.3 is 9.64 Å². The molecule has 4 nitrogen and oxygen atoms in total. The molecule has 3 rings (SSSR count). The van der Waals surface area contributed by atoms with E-state index in [1.165, 1.54) is 19.4 Å². The molecule has 0 bridgehead atoms. The predicted molar refractivity (Wildman–Crippen MR) is 79.1 cm³/mol. The molecular formula is C16H21N3O. The van der Waals surface area contributed by atoms with Crippen molar-refractivity contribution in [2.45, 2.75) is 31.8 Å². The van der Waals surface area contributed by atoms with Crippen molar-refractivity contribution in [1.82, 2.24) is 4.90 Å². The minimum atomic E-state index is 0.434. The van der Waals surface area contributed by atoms with E-state index in [2.05, 4.69) is 22.8 Å². The second-order valence-corrected chi connectivity index (χ2v) is 5.79. The summed E-state index contributed by atoms with van der Waals surface area (Å²) in [5.41, 5.74) is 1.76. The number of benzene rings is 1. The zero-order valence-electron chi connectivity index (χ0n) is 12.2. The SMILES string of the molecule is COc1ccc(C#N)c(N2CC3CCCN3CC2C)c1. The largest absolute Gasteiger partial charge is 0.497 e. The van der Waals surface area contributed by atoms with Crippen LogP contribution in [0.2, 0.25) is 0 Å². The molecule has 0 N–H and O–H groups in total. The third-order valence-corrected chi connectivity index (χ3v) is 4.57. The summed E-state index contributed by atoms with van der Waals surface area (Å²) in [5, 5.41) is 9.36. The normalized spacial score (nSPS) is 26.1. The van der Waals surface area contributed by atoms with Gasteiger partial charge in [-0.25, -0.2) is 0 Å². The molecular weight excluding hydrogens is 250 g/mol. The van der Waals surface area contributed by atoms with Gasteiger partial charge in [-0.05, 0) is 38.4 Å². The molecule has 0 saturated carbocycles. The van der Waals surface area contributed by atoms with Crippen LogP contribution in [-0.2, 0) is 0 Å². The summed E-state index contributed by atoms with van der Waals surface area (Å²) >= 11 is 0. The van der Waals surface area contributed by atoms with Crippen molar-refractivity contribution in [2.24, 2.45) is 0 Å². The van der Waals surface area contributed by atoms with Gasteiger partial charge in [0.05, 0.1) is 18.4 Å². The molecule has 0 amide bonds. The minimum absolute atomic E-state index is 0.434. The number of anilines is 1. The quantitative estimate of drug-likeness (QED) is 0.827. The van der Waals surface area contributed by atoms with Crippen molar-refractivity contribution >= 4 is 5.69 Å². The van der Waals surface area contributed by atoms with Crippen LogP contribution in [0.15, 0.2) is 18.2 Å². The molecule has 2 unspecified atom stereocenters. The summed E-state index contributed by atoms with van der Waals surface area (Å²) in [5.74, 6) is 0.819. The number of piperazine rings is 1. The lowest BCUT2D eigenvalue weighted by Gasteiger charge is -2.44. The van der Waals surface area contributed by atoms with E-state index in [4.69, 9.17) is 4.74 Å². The Balaban J connectivity index is 1.93. The van der Waals surface area contributed by atoms with Gasteiger partial charge in [-0.3, -0.25) is 4.90 Å². The zero-order chi connectivity index (χ0) is 14.1. The van der Waals surface area contributed by atoms with E-state index in [1.54, 1.807) is 7.11 Å². The fourth-order valence-electron chi connectivity index (χ4n) is 3.49. The van der Waals surface area contributed by atoms with E-state index in [-0.39, 0.29) is 0 Å². The van der Waals surface area contributed by atoms with Gasteiger partial charge in [0.15, 0.2) is 0 Å². The third-order valence-electron chi connectivity index (χ3n) is 4.57. The van der Waals surface area contributed by atoms with Crippen LogP contribution in [-0.4, -0.2) is 43.7 Å². The lowest BCUT2D eigenvalue weighted by Crippen LogP contribution is -2.55. The molecule has 2 aliphatic heterocycles. The fraction of sp³-hybridized carbons (Fsp3) is 0.562. The molecule has 2 aliphatic rings. The molecule has 2 saturated heterocycles. The second kappa shape index (κ2) is 5.34.